The zero-order chi connectivity index (χ0) is 11.1. The first-order valence-electron chi connectivity index (χ1n) is 4.87. The first kappa shape index (κ1) is 11.7. The summed E-state index contributed by atoms with van der Waals surface area (Å²) in [7, 11) is 0. The van der Waals surface area contributed by atoms with Gasteiger partial charge in [0.1, 0.15) is 0 Å². The quantitative estimate of drug-likeness (QED) is 0.468. The fourth-order valence-corrected chi connectivity index (χ4v) is 1.07. The monoisotopic (exact) mass is 221 g/mol. The minimum atomic E-state index is 0.508. The Morgan fingerprint density at radius 1 is 1.33 bits per heavy atom. The van der Waals surface area contributed by atoms with Gasteiger partial charge in [-0.25, -0.2) is 0 Å². The molecule has 3 nitrogen and oxygen atoms in total. The van der Waals surface area contributed by atoms with E-state index in [9.17, 15) is 0 Å². The highest BCUT2D eigenvalue weighted by molar-refractivity contribution is 7.80. The lowest BCUT2D eigenvalue weighted by Gasteiger charge is -2.06. The fourth-order valence-electron chi connectivity index (χ4n) is 0.906. The number of nitrogens with zero attached hydrogens (tertiary/aromatic N) is 1. The molecule has 0 fully saturated rings. The van der Waals surface area contributed by atoms with Gasteiger partial charge in [-0.15, -0.1) is 0 Å². The van der Waals surface area contributed by atoms with Gasteiger partial charge < -0.3 is 5.32 Å². The maximum Gasteiger partial charge on any atom is 0.191 e. The van der Waals surface area contributed by atoms with Gasteiger partial charge in [0, 0.05) is 11.4 Å². The Morgan fingerprint density at radius 3 is 2.60 bits per heavy atom. The molecule has 1 aromatic rings. The summed E-state index contributed by atoms with van der Waals surface area (Å²) in [4.78, 5) is 0. The molecule has 0 atom stereocenters. The lowest BCUT2D eigenvalue weighted by molar-refractivity contribution is 1.02. The summed E-state index contributed by atoms with van der Waals surface area (Å²) in [6, 6.07) is 9.76. The Bertz CT molecular complexity index is 346. The van der Waals surface area contributed by atoms with E-state index in [0.29, 0.717) is 5.11 Å². The molecule has 15 heavy (non-hydrogen) atoms. The second kappa shape index (κ2) is 6.14. The Morgan fingerprint density at radius 2 is 2.00 bits per heavy atom. The number of nitrogens with one attached hydrogen (secondary N) is 2. The van der Waals surface area contributed by atoms with Crippen LogP contribution in [0.3, 0.4) is 0 Å². The smallest absolute Gasteiger partial charge is 0.191 e. The first-order valence-corrected chi connectivity index (χ1v) is 5.28. The molecule has 0 spiro atoms. The van der Waals surface area contributed by atoms with E-state index in [-0.39, 0.29) is 0 Å². The van der Waals surface area contributed by atoms with Crippen molar-refractivity contribution in [1.82, 2.24) is 5.43 Å². The van der Waals surface area contributed by atoms with Crippen LogP contribution in [0.2, 0.25) is 0 Å². The van der Waals surface area contributed by atoms with Gasteiger partial charge in [-0.3, -0.25) is 5.43 Å². The summed E-state index contributed by atoms with van der Waals surface area (Å²) < 4.78 is 0. The van der Waals surface area contributed by atoms with Crippen LogP contribution in [0, 0.1) is 0 Å². The summed E-state index contributed by atoms with van der Waals surface area (Å²) in [5.41, 5.74) is 4.77. The van der Waals surface area contributed by atoms with Crippen molar-refractivity contribution in [2.75, 3.05) is 5.32 Å². The predicted molar refractivity (Wildman–Crippen MR) is 69.2 cm³/mol. The van der Waals surface area contributed by atoms with Crippen LogP contribution in [0.1, 0.15) is 20.3 Å². The second-order valence-electron chi connectivity index (χ2n) is 3.13. The summed E-state index contributed by atoms with van der Waals surface area (Å²) in [5, 5.41) is 7.64. The molecule has 0 unspecified atom stereocenters. The zero-order valence-electron chi connectivity index (χ0n) is 8.95. The highest BCUT2D eigenvalue weighted by Crippen LogP contribution is 2.04. The van der Waals surface area contributed by atoms with E-state index in [1.165, 1.54) is 0 Å². The molecule has 0 aromatic heterocycles. The van der Waals surface area contributed by atoms with Crippen molar-refractivity contribution >= 4 is 28.7 Å². The maximum absolute atomic E-state index is 5.07. The van der Waals surface area contributed by atoms with Crippen molar-refractivity contribution in [3.8, 4) is 0 Å². The van der Waals surface area contributed by atoms with Crippen LogP contribution in [-0.2, 0) is 0 Å². The number of rotatable bonds is 3. The highest BCUT2D eigenvalue weighted by Gasteiger charge is 1.94. The van der Waals surface area contributed by atoms with Crippen molar-refractivity contribution in [2.24, 2.45) is 5.10 Å². The average Bonchev–Trinajstić information content (AvgIpc) is 2.27. The van der Waals surface area contributed by atoms with E-state index in [4.69, 9.17) is 12.2 Å². The van der Waals surface area contributed by atoms with Crippen molar-refractivity contribution in [3.63, 3.8) is 0 Å². The van der Waals surface area contributed by atoms with Crippen LogP contribution in [0.25, 0.3) is 0 Å². The molecule has 4 heteroatoms. The standard InChI is InChI=1S/C11H15N3S/c1-3-9(2)13-14-11(15)12-10-7-5-4-6-8-10/h4-8H,3H2,1-2H3,(H2,12,14,15). The summed E-state index contributed by atoms with van der Waals surface area (Å²) in [5.74, 6) is 0. The zero-order valence-corrected chi connectivity index (χ0v) is 9.77. The highest BCUT2D eigenvalue weighted by atomic mass is 32.1. The first-order chi connectivity index (χ1) is 7.22. The third-order valence-corrected chi connectivity index (χ3v) is 2.08. The van der Waals surface area contributed by atoms with E-state index in [2.05, 4.69) is 15.8 Å². The number of hydrogen-bond donors (Lipinski definition) is 2. The Kier molecular flexibility index (Phi) is 4.77. The van der Waals surface area contributed by atoms with Crippen molar-refractivity contribution in [1.29, 1.82) is 0 Å². The molecule has 0 radical (unpaired) electrons. The Hall–Kier alpha value is -1.42. The van der Waals surface area contributed by atoms with E-state index >= 15 is 0 Å². The molecule has 80 valence electrons. The normalized spacial score (nSPS) is 10.9. The van der Waals surface area contributed by atoms with Gasteiger partial charge >= 0.3 is 0 Å². The Labute approximate surface area is 95.6 Å². The largest absolute Gasteiger partial charge is 0.331 e. The van der Waals surface area contributed by atoms with Gasteiger partial charge in [0.05, 0.1) is 0 Å². The number of anilines is 1. The number of benzene rings is 1. The lowest BCUT2D eigenvalue weighted by Crippen LogP contribution is -2.24. The van der Waals surface area contributed by atoms with Crippen LogP contribution < -0.4 is 10.7 Å². The van der Waals surface area contributed by atoms with Crippen LogP contribution in [0.15, 0.2) is 35.4 Å². The predicted octanol–water partition coefficient (Wildman–Crippen LogP) is 2.76. The molecule has 0 saturated carbocycles. The minimum Gasteiger partial charge on any atom is -0.331 e. The molecule has 0 amide bonds. The molecule has 0 aliphatic rings. The van der Waals surface area contributed by atoms with Crippen LogP contribution in [-0.4, -0.2) is 10.8 Å². The molecule has 0 bridgehead atoms. The molecule has 0 saturated heterocycles. The second-order valence-corrected chi connectivity index (χ2v) is 3.54. The van der Waals surface area contributed by atoms with Gasteiger partial charge in [0.15, 0.2) is 5.11 Å². The summed E-state index contributed by atoms with van der Waals surface area (Å²) in [6.45, 7) is 4.01. The van der Waals surface area contributed by atoms with Crippen molar-refractivity contribution in [2.45, 2.75) is 20.3 Å². The third kappa shape index (κ3) is 4.56. The fraction of sp³-hybridized carbons (Fsp3) is 0.273. The minimum absolute atomic E-state index is 0.508. The van der Waals surface area contributed by atoms with Gasteiger partial charge in [0.25, 0.3) is 0 Å². The number of hydrazone groups is 1. The van der Waals surface area contributed by atoms with Crippen molar-refractivity contribution in [3.05, 3.63) is 30.3 Å². The molecule has 1 aromatic carbocycles. The molecule has 1 rings (SSSR count). The average molecular weight is 221 g/mol. The van der Waals surface area contributed by atoms with Gasteiger partial charge in [-0.1, -0.05) is 25.1 Å². The van der Waals surface area contributed by atoms with Crippen LogP contribution in [0.5, 0.6) is 0 Å². The number of thiocarbonyl (C=S) groups is 1. The molecule has 2 N–H and O–H groups in total. The molecular formula is C11H15N3S. The van der Waals surface area contributed by atoms with Gasteiger partial charge in [-0.2, -0.15) is 5.10 Å². The van der Waals surface area contributed by atoms with Gasteiger partial charge in [0.2, 0.25) is 0 Å². The van der Waals surface area contributed by atoms with E-state index < -0.39 is 0 Å². The van der Waals surface area contributed by atoms with Gasteiger partial charge in [-0.05, 0) is 37.7 Å². The third-order valence-electron chi connectivity index (χ3n) is 1.89. The maximum atomic E-state index is 5.07. The topological polar surface area (TPSA) is 36.4 Å². The molecular weight excluding hydrogens is 206 g/mol. The molecule has 0 heterocycles. The number of hydrogen-bond acceptors (Lipinski definition) is 2. The van der Waals surface area contributed by atoms with Crippen molar-refractivity contribution < 1.29 is 0 Å². The molecule has 0 aliphatic carbocycles. The van der Waals surface area contributed by atoms with Crippen LogP contribution >= 0.6 is 12.2 Å². The SMILES string of the molecule is CCC(C)=NNC(=S)Nc1ccccc1. The number of para-hydroxylation sites is 1. The Balaban J connectivity index is 2.44. The lowest BCUT2D eigenvalue weighted by atomic mass is 10.3. The summed E-state index contributed by atoms with van der Waals surface area (Å²) >= 11 is 5.07. The summed E-state index contributed by atoms with van der Waals surface area (Å²) in [6.07, 6.45) is 0.918. The van der Waals surface area contributed by atoms with E-state index in [0.717, 1.165) is 17.8 Å². The van der Waals surface area contributed by atoms with Crippen LogP contribution in [0.4, 0.5) is 5.69 Å². The molecule has 0 aliphatic heterocycles. The van der Waals surface area contributed by atoms with E-state index in [1.54, 1.807) is 0 Å². The van der Waals surface area contributed by atoms with E-state index in [1.807, 2.05) is 44.2 Å².